The lowest BCUT2D eigenvalue weighted by Crippen LogP contribution is -2.41. The molecule has 2 unspecified atom stereocenters. The largest absolute Gasteiger partial charge is 0.396 e. The van der Waals surface area contributed by atoms with Gasteiger partial charge in [-0.2, -0.15) is 0 Å². The normalized spacial score (nSPS) is 42.9. The molecule has 0 spiro atoms. The van der Waals surface area contributed by atoms with Crippen molar-refractivity contribution in [2.45, 2.75) is 19.3 Å². The van der Waals surface area contributed by atoms with Crippen molar-refractivity contribution in [1.29, 1.82) is 0 Å². The van der Waals surface area contributed by atoms with Gasteiger partial charge in [0.25, 0.3) is 0 Å². The van der Waals surface area contributed by atoms with E-state index < -0.39 is 0 Å². The van der Waals surface area contributed by atoms with Crippen molar-refractivity contribution >= 4 is 12.4 Å². The Kier molecular flexibility index (Phi) is 3.23. The number of halogens is 1. The first-order valence-corrected chi connectivity index (χ1v) is 4.71. The summed E-state index contributed by atoms with van der Waals surface area (Å²) >= 11 is 0. The van der Waals surface area contributed by atoms with Crippen LogP contribution in [0.2, 0.25) is 0 Å². The Morgan fingerprint density at radius 3 is 1.85 bits per heavy atom. The van der Waals surface area contributed by atoms with Crippen LogP contribution in [0.1, 0.15) is 19.3 Å². The summed E-state index contributed by atoms with van der Waals surface area (Å²) in [5.74, 6) is 0. The van der Waals surface area contributed by atoms with E-state index in [2.05, 4.69) is 5.32 Å². The van der Waals surface area contributed by atoms with Crippen LogP contribution in [0.3, 0.4) is 0 Å². The summed E-state index contributed by atoms with van der Waals surface area (Å²) < 4.78 is 0. The Bertz CT molecular complexity index is 158. The average Bonchev–Trinajstić information content (AvgIpc) is 2.58. The molecule has 0 aromatic rings. The maximum absolute atomic E-state index is 9.37. The Balaban J connectivity index is 0.000000845. The second kappa shape index (κ2) is 3.73. The number of hydrogen-bond donors (Lipinski definition) is 3. The van der Waals surface area contributed by atoms with Crippen molar-refractivity contribution < 1.29 is 10.2 Å². The lowest BCUT2D eigenvalue weighted by atomic mass is 9.69. The first kappa shape index (κ1) is 11.2. The minimum Gasteiger partial charge on any atom is -0.396 e. The number of nitrogens with one attached hydrogen (secondary N) is 1. The topological polar surface area (TPSA) is 52.5 Å². The van der Waals surface area contributed by atoms with Crippen molar-refractivity contribution in [2.24, 2.45) is 10.8 Å². The number of hydrogen-bond acceptors (Lipinski definition) is 3. The maximum Gasteiger partial charge on any atom is 0.0506 e. The Hall–Kier alpha value is 0.170. The van der Waals surface area contributed by atoms with E-state index in [4.69, 9.17) is 0 Å². The highest BCUT2D eigenvalue weighted by atomic mass is 35.5. The number of aliphatic hydroxyl groups excluding tert-OH is 2. The maximum atomic E-state index is 9.37. The Morgan fingerprint density at radius 1 is 1.00 bits per heavy atom. The summed E-state index contributed by atoms with van der Waals surface area (Å²) in [5.41, 5.74) is -0.0243. The quantitative estimate of drug-likeness (QED) is 0.605. The molecule has 1 saturated heterocycles. The van der Waals surface area contributed by atoms with Gasteiger partial charge < -0.3 is 15.5 Å². The van der Waals surface area contributed by atoms with Crippen LogP contribution in [0, 0.1) is 10.8 Å². The number of aliphatic hydroxyl groups is 2. The van der Waals surface area contributed by atoms with Crippen molar-refractivity contribution in [1.82, 2.24) is 5.32 Å². The molecule has 78 valence electrons. The molecule has 2 aliphatic rings. The van der Waals surface area contributed by atoms with Gasteiger partial charge in [-0.25, -0.2) is 0 Å². The number of rotatable bonds is 2. The molecule has 1 heterocycles. The fraction of sp³-hybridized carbons (Fsp3) is 1.00. The fourth-order valence-corrected chi connectivity index (χ4v) is 2.99. The summed E-state index contributed by atoms with van der Waals surface area (Å²) in [6, 6.07) is 0. The van der Waals surface area contributed by atoms with Crippen LogP contribution < -0.4 is 5.32 Å². The lowest BCUT2D eigenvalue weighted by molar-refractivity contribution is 0.00976. The minimum absolute atomic E-state index is 0. The molecule has 1 aliphatic heterocycles. The van der Waals surface area contributed by atoms with Crippen molar-refractivity contribution in [2.75, 3.05) is 26.3 Å². The Morgan fingerprint density at radius 2 is 1.46 bits per heavy atom. The zero-order chi connectivity index (χ0) is 8.66. The molecule has 0 aromatic heterocycles. The van der Waals surface area contributed by atoms with Crippen LogP contribution in [-0.2, 0) is 0 Å². The molecule has 1 aliphatic carbocycles. The molecule has 13 heavy (non-hydrogen) atoms. The predicted octanol–water partition coefficient (Wildman–Crippen LogP) is 0.153. The first-order chi connectivity index (χ1) is 5.79. The van der Waals surface area contributed by atoms with Crippen LogP contribution in [0.25, 0.3) is 0 Å². The molecule has 0 bridgehead atoms. The predicted molar refractivity (Wildman–Crippen MR) is 53.0 cm³/mol. The zero-order valence-electron chi connectivity index (χ0n) is 7.75. The van der Waals surface area contributed by atoms with Gasteiger partial charge in [-0.3, -0.25) is 0 Å². The molecule has 2 fully saturated rings. The van der Waals surface area contributed by atoms with Crippen molar-refractivity contribution in [3.05, 3.63) is 0 Å². The molecule has 1 saturated carbocycles. The van der Waals surface area contributed by atoms with Crippen molar-refractivity contribution in [3.8, 4) is 0 Å². The van der Waals surface area contributed by atoms with E-state index in [1.807, 2.05) is 0 Å². The highest BCUT2D eigenvalue weighted by molar-refractivity contribution is 5.85. The summed E-state index contributed by atoms with van der Waals surface area (Å²) in [6.07, 6.45) is 3.29. The van der Waals surface area contributed by atoms with E-state index in [1.165, 1.54) is 0 Å². The SMILES string of the molecule is Cl.OCC12CCCC1(CO)CNC2. The van der Waals surface area contributed by atoms with E-state index in [1.54, 1.807) is 0 Å². The second-order valence-corrected chi connectivity index (χ2v) is 4.33. The van der Waals surface area contributed by atoms with Gasteiger partial charge in [0.15, 0.2) is 0 Å². The van der Waals surface area contributed by atoms with Crippen LogP contribution in [0.5, 0.6) is 0 Å². The third-order valence-corrected chi connectivity index (χ3v) is 3.97. The van der Waals surface area contributed by atoms with E-state index in [9.17, 15) is 10.2 Å². The van der Waals surface area contributed by atoms with Gasteiger partial charge >= 0.3 is 0 Å². The van der Waals surface area contributed by atoms with Gasteiger partial charge in [0.05, 0.1) is 13.2 Å². The highest BCUT2D eigenvalue weighted by Crippen LogP contribution is 2.54. The summed E-state index contributed by atoms with van der Waals surface area (Å²) in [6.45, 7) is 2.20. The van der Waals surface area contributed by atoms with E-state index in [-0.39, 0.29) is 36.5 Å². The Labute approximate surface area is 84.9 Å². The van der Waals surface area contributed by atoms with E-state index in [0.717, 1.165) is 32.4 Å². The van der Waals surface area contributed by atoms with Gasteiger partial charge in [0.2, 0.25) is 0 Å². The van der Waals surface area contributed by atoms with Crippen LogP contribution in [-0.4, -0.2) is 36.5 Å². The van der Waals surface area contributed by atoms with Crippen LogP contribution in [0.15, 0.2) is 0 Å². The molecule has 2 rings (SSSR count). The summed E-state index contributed by atoms with van der Waals surface area (Å²) in [5, 5.41) is 22.0. The molecule has 0 radical (unpaired) electrons. The molecule has 0 aromatic carbocycles. The third-order valence-electron chi connectivity index (χ3n) is 3.97. The summed E-state index contributed by atoms with van der Waals surface area (Å²) in [4.78, 5) is 0. The van der Waals surface area contributed by atoms with E-state index >= 15 is 0 Å². The lowest BCUT2D eigenvalue weighted by Gasteiger charge is -2.36. The average molecular weight is 208 g/mol. The first-order valence-electron chi connectivity index (χ1n) is 4.71. The second-order valence-electron chi connectivity index (χ2n) is 4.33. The summed E-state index contributed by atoms with van der Waals surface area (Å²) in [7, 11) is 0. The molecular formula is C9H18ClNO2. The van der Waals surface area contributed by atoms with Gasteiger partial charge in [-0.1, -0.05) is 6.42 Å². The van der Waals surface area contributed by atoms with Gasteiger partial charge in [0, 0.05) is 23.9 Å². The van der Waals surface area contributed by atoms with Gasteiger partial charge in [0.1, 0.15) is 0 Å². The molecule has 4 heteroatoms. The smallest absolute Gasteiger partial charge is 0.0506 e. The third kappa shape index (κ3) is 1.30. The minimum atomic E-state index is -0.0122. The molecule has 2 atom stereocenters. The molecule has 3 N–H and O–H groups in total. The van der Waals surface area contributed by atoms with Crippen molar-refractivity contribution in [3.63, 3.8) is 0 Å². The fourth-order valence-electron chi connectivity index (χ4n) is 2.99. The van der Waals surface area contributed by atoms with Gasteiger partial charge in [-0.15, -0.1) is 12.4 Å². The van der Waals surface area contributed by atoms with E-state index in [0.29, 0.717) is 0 Å². The van der Waals surface area contributed by atoms with Crippen LogP contribution in [0.4, 0.5) is 0 Å². The monoisotopic (exact) mass is 207 g/mol. The van der Waals surface area contributed by atoms with Crippen LogP contribution >= 0.6 is 12.4 Å². The van der Waals surface area contributed by atoms with Gasteiger partial charge in [-0.05, 0) is 12.8 Å². The molecule has 0 amide bonds. The molecule has 3 nitrogen and oxygen atoms in total. The highest BCUT2D eigenvalue weighted by Gasteiger charge is 2.56. The standard InChI is InChI=1S/C9H17NO2.ClH/c11-6-8-2-1-3-9(8,7-12)5-10-4-8;/h10-12H,1-7H2;1H. The molecular weight excluding hydrogens is 190 g/mol. The zero-order valence-corrected chi connectivity index (χ0v) is 8.57. The number of fused-ring (bicyclic) bond motifs is 1.